The van der Waals surface area contributed by atoms with Crippen molar-refractivity contribution in [1.82, 2.24) is 10.6 Å². The molecule has 0 heterocycles. The monoisotopic (exact) mass is 354 g/mol. The number of amides is 1. The highest BCUT2D eigenvalue weighted by molar-refractivity contribution is 5.78. The van der Waals surface area contributed by atoms with Crippen LogP contribution in [0, 0.1) is 0 Å². The van der Waals surface area contributed by atoms with Gasteiger partial charge in [-0.15, -0.1) is 0 Å². The average molecular weight is 354 g/mol. The predicted octanol–water partition coefficient (Wildman–Crippen LogP) is 4.35. The molecule has 0 saturated carbocycles. The van der Waals surface area contributed by atoms with Gasteiger partial charge in [0.15, 0.2) is 0 Å². The Hall–Kier alpha value is -2.33. The van der Waals surface area contributed by atoms with E-state index in [4.69, 9.17) is 4.74 Å². The Morgan fingerprint density at radius 3 is 2.15 bits per heavy atom. The average Bonchev–Trinajstić information content (AvgIpc) is 2.66. The number of methoxy groups -OCH3 is 1. The van der Waals surface area contributed by atoms with Crippen LogP contribution in [0.3, 0.4) is 0 Å². The molecule has 140 valence electrons. The zero-order valence-corrected chi connectivity index (χ0v) is 16.4. The highest BCUT2D eigenvalue weighted by Crippen LogP contribution is 2.24. The maximum absolute atomic E-state index is 12.3. The molecule has 2 aromatic carbocycles. The van der Waals surface area contributed by atoms with Crippen LogP contribution in [-0.2, 0) is 4.79 Å². The van der Waals surface area contributed by atoms with Gasteiger partial charge in [-0.05, 0) is 37.0 Å². The number of nitrogens with one attached hydrogen (secondary N) is 2. The van der Waals surface area contributed by atoms with E-state index in [0.717, 1.165) is 11.3 Å². The van der Waals surface area contributed by atoms with Crippen LogP contribution >= 0.6 is 0 Å². The third-order valence-electron chi connectivity index (χ3n) is 4.65. The van der Waals surface area contributed by atoms with Crippen LogP contribution < -0.4 is 15.4 Å². The van der Waals surface area contributed by atoms with Crippen molar-refractivity contribution in [1.29, 1.82) is 0 Å². The summed E-state index contributed by atoms with van der Waals surface area (Å²) in [6.45, 7) is 8.67. The molecular formula is C22H30N2O2. The molecule has 2 N–H and O–H groups in total. The summed E-state index contributed by atoms with van der Waals surface area (Å²) in [5.74, 6) is 1.27. The van der Waals surface area contributed by atoms with Crippen LogP contribution in [0.15, 0.2) is 48.5 Å². The first-order valence-corrected chi connectivity index (χ1v) is 9.18. The fraction of sp³-hybridized carbons (Fsp3) is 0.409. The number of ether oxygens (including phenoxy) is 1. The smallest absolute Gasteiger partial charge is 0.234 e. The minimum absolute atomic E-state index is 0.0333. The van der Waals surface area contributed by atoms with Crippen molar-refractivity contribution in [2.45, 2.75) is 45.7 Å². The molecule has 2 atom stereocenters. The maximum Gasteiger partial charge on any atom is 0.234 e. The highest BCUT2D eigenvalue weighted by atomic mass is 16.5. The Morgan fingerprint density at radius 2 is 1.54 bits per heavy atom. The molecule has 0 aromatic heterocycles. The summed E-state index contributed by atoms with van der Waals surface area (Å²) < 4.78 is 5.36. The van der Waals surface area contributed by atoms with Gasteiger partial charge in [0.1, 0.15) is 5.75 Å². The third kappa shape index (κ3) is 5.33. The largest absolute Gasteiger partial charge is 0.496 e. The Bertz CT molecular complexity index is 710. The minimum Gasteiger partial charge on any atom is -0.496 e. The lowest BCUT2D eigenvalue weighted by Crippen LogP contribution is -2.36. The molecule has 4 heteroatoms. The summed E-state index contributed by atoms with van der Waals surface area (Å²) in [7, 11) is 1.64. The SMILES string of the molecule is COc1ccccc1C(C)NC(=O)CNC(C)c1ccc(C(C)C)cc1. The molecule has 0 radical (unpaired) electrons. The van der Waals surface area contributed by atoms with Crippen LogP contribution in [-0.4, -0.2) is 19.6 Å². The second-order valence-electron chi connectivity index (χ2n) is 6.96. The molecule has 0 spiro atoms. The van der Waals surface area contributed by atoms with Crippen molar-refractivity contribution >= 4 is 5.91 Å². The standard InChI is InChI=1S/C22H30N2O2/c1-15(2)18-10-12-19(13-11-18)16(3)23-14-22(25)24-17(4)20-8-6-7-9-21(20)26-5/h6-13,15-17,23H,14H2,1-5H3,(H,24,25). The summed E-state index contributed by atoms with van der Waals surface area (Å²) >= 11 is 0. The van der Waals surface area contributed by atoms with E-state index < -0.39 is 0 Å². The van der Waals surface area contributed by atoms with Gasteiger partial charge in [0.25, 0.3) is 0 Å². The third-order valence-corrected chi connectivity index (χ3v) is 4.65. The van der Waals surface area contributed by atoms with Gasteiger partial charge in [-0.3, -0.25) is 4.79 Å². The number of carbonyl (C=O) groups is 1. The molecule has 4 nitrogen and oxygen atoms in total. The number of hydrogen-bond acceptors (Lipinski definition) is 3. The van der Waals surface area contributed by atoms with Crippen molar-refractivity contribution in [3.8, 4) is 5.75 Å². The van der Waals surface area contributed by atoms with E-state index in [2.05, 4.69) is 55.7 Å². The van der Waals surface area contributed by atoms with Crippen molar-refractivity contribution in [2.75, 3.05) is 13.7 Å². The van der Waals surface area contributed by atoms with E-state index in [9.17, 15) is 4.79 Å². The van der Waals surface area contributed by atoms with Crippen molar-refractivity contribution in [2.24, 2.45) is 0 Å². The molecule has 0 aliphatic rings. The first-order valence-electron chi connectivity index (χ1n) is 9.18. The van der Waals surface area contributed by atoms with E-state index in [1.54, 1.807) is 7.11 Å². The second-order valence-corrected chi connectivity index (χ2v) is 6.96. The van der Waals surface area contributed by atoms with Gasteiger partial charge in [-0.25, -0.2) is 0 Å². The molecule has 0 fully saturated rings. The van der Waals surface area contributed by atoms with Crippen LogP contribution in [0.1, 0.15) is 62.4 Å². The van der Waals surface area contributed by atoms with Crippen molar-refractivity contribution in [3.63, 3.8) is 0 Å². The summed E-state index contributed by atoms with van der Waals surface area (Å²) in [4.78, 5) is 12.3. The van der Waals surface area contributed by atoms with Crippen LogP contribution in [0.5, 0.6) is 5.75 Å². The Morgan fingerprint density at radius 1 is 0.923 bits per heavy atom. The molecular weight excluding hydrogens is 324 g/mol. The van der Waals surface area contributed by atoms with E-state index in [1.807, 2.05) is 31.2 Å². The number of rotatable bonds is 8. The molecule has 1 amide bonds. The molecule has 0 saturated heterocycles. The van der Waals surface area contributed by atoms with Crippen LogP contribution in [0.4, 0.5) is 0 Å². The van der Waals surface area contributed by atoms with E-state index in [0.29, 0.717) is 5.92 Å². The van der Waals surface area contributed by atoms with Gasteiger partial charge in [-0.1, -0.05) is 56.3 Å². The molecule has 0 aliphatic heterocycles. The molecule has 2 rings (SSSR count). The van der Waals surface area contributed by atoms with E-state index >= 15 is 0 Å². The van der Waals surface area contributed by atoms with Gasteiger partial charge in [0.2, 0.25) is 5.91 Å². The lowest BCUT2D eigenvalue weighted by atomic mass is 9.99. The van der Waals surface area contributed by atoms with Gasteiger partial charge < -0.3 is 15.4 Å². The van der Waals surface area contributed by atoms with Crippen LogP contribution in [0.25, 0.3) is 0 Å². The van der Waals surface area contributed by atoms with Crippen molar-refractivity contribution in [3.05, 3.63) is 65.2 Å². The zero-order valence-electron chi connectivity index (χ0n) is 16.4. The quantitative estimate of drug-likeness (QED) is 0.741. The summed E-state index contributed by atoms with van der Waals surface area (Å²) in [6.07, 6.45) is 0. The molecule has 0 bridgehead atoms. The lowest BCUT2D eigenvalue weighted by molar-refractivity contribution is -0.121. The predicted molar refractivity (Wildman–Crippen MR) is 107 cm³/mol. The Balaban J connectivity index is 1.87. The first kappa shape index (κ1) is 20.0. The van der Waals surface area contributed by atoms with Gasteiger partial charge >= 0.3 is 0 Å². The van der Waals surface area contributed by atoms with Gasteiger partial charge in [0.05, 0.1) is 19.7 Å². The molecule has 26 heavy (non-hydrogen) atoms. The summed E-state index contributed by atoms with van der Waals surface area (Å²) in [6, 6.07) is 16.3. The van der Waals surface area contributed by atoms with Crippen molar-refractivity contribution < 1.29 is 9.53 Å². The molecule has 0 aliphatic carbocycles. The lowest BCUT2D eigenvalue weighted by Gasteiger charge is -2.19. The summed E-state index contributed by atoms with van der Waals surface area (Å²) in [5.41, 5.74) is 3.48. The van der Waals surface area contributed by atoms with E-state index in [1.165, 1.54) is 11.1 Å². The molecule has 2 unspecified atom stereocenters. The fourth-order valence-electron chi connectivity index (χ4n) is 2.93. The Labute approximate surface area is 157 Å². The van der Waals surface area contributed by atoms with Gasteiger partial charge in [-0.2, -0.15) is 0 Å². The second kappa shape index (κ2) is 9.39. The number of hydrogen-bond donors (Lipinski definition) is 2. The number of para-hydroxylation sites is 1. The molecule has 2 aromatic rings. The minimum atomic E-state index is -0.110. The number of benzene rings is 2. The number of carbonyl (C=O) groups excluding carboxylic acids is 1. The zero-order chi connectivity index (χ0) is 19.1. The highest BCUT2D eigenvalue weighted by Gasteiger charge is 2.14. The van der Waals surface area contributed by atoms with Crippen LogP contribution in [0.2, 0.25) is 0 Å². The fourth-order valence-corrected chi connectivity index (χ4v) is 2.93. The normalized spacial score (nSPS) is 13.3. The Kier molecular flexibility index (Phi) is 7.22. The van der Waals surface area contributed by atoms with E-state index in [-0.39, 0.29) is 24.5 Å². The topological polar surface area (TPSA) is 50.4 Å². The first-order chi connectivity index (χ1) is 12.4. The maximum atomic E-state index is 12.3. The van der Waals surface area contributed by atoms with Gasteiger partial charge in [0, 0.05) is 11.6 Å². The summed E-state index contributed by atoms with van der Waals surface area (Å²) in [5, 5.41) is 6.31.